The third-order valence-electron chi connectivity index (χ3n) is 3.03. The molecule has 1 unspecified atom stereocenters. The van der Waals surface area contributed by atoms with Gasteiger partial charge in [-0.15, -0.1) is 0 Å². The average Bonchev–Trinajstić information content (AvgIpc) is 2.38. The summed E-state index contributed by atoms with van der Waals surface area (Å²) in [6.07, 6.45) is -3.91. The Hall–Kier alpha value is -1.76. The number of nitrogens with one attached hydrogen (secondary N) is 2. The third-order valence-corrected chi connectivity index (χ3v) is 3.03. The van der Waals surface area contributed by atoms with Crippen molar-refractivity contribution in [1.29, 1.82) is 0 Å². The van der Waals surface area contributed by atoms with Crippen LogP contribution in [-0.4, -0.2) is 24.3 Å². The normalized spacial score (nSPS) is 12.9. The Balaban J connectivity index is 2.65. The first-order chi connectivity index (χ1) is 9.74. The van der Waals surface area contributed by atoms with E-state index in [9.17, 15) is 18.0 Å². The Morgan fingerprint density at radius 3 is 2.62 bits per heavy atom. The molecule has 0 saturated carbocycles. The first-order valence-electron chi connectivity index (χ1n) is 6.57. The zero-order valence-corrected chi connectivity index (χ0v) is 11.9. The van der Waals surface area contributed by atoms with Crippen molar-refractivity contribution in [1.82, 2.24) is 5.32 Å². The Labute approximate surface area is 121 Å². The van der Waals surface area contributed by atoms with Gasteiger partial charge in [-0.05, 0) is 37.0 Å². The van der Waals surface area contributed by atoms with Crippen molar-refractivity contribution in [3.8, 4) is 0 Å². The summed E-state index contributed by atoms with van der Waals surface area (Å²) in [7, 11) is 0. The molecule has 0 spiro atoms. The Bertz CT molecular complexity index is 490. The first kappa shape index (κ1) is 17.3. The topological polar surface area (TPSA) is 61.4 Å². The molecular weight excluding hydrogens is 285 g/mol. The molecule has 118 valence electrons. The number of amides is 2. The summed E-state index contributed by atoms with van der Waals surface area (Å²) in [5, 5.41) is 13.6. The summed E-state index contributed by atoms with van der Waals surface area (Å²) in [4.78, 5) is 11.6. The SMILES string of the molecule is Cc1ccc(NC(=O)NCC(C)CCO)cc1C(F)(F)F. The lowest BCUT2D eigenvalue weighted by Crippen LogP contribution is -2.32. The molecule has 2 amide bonds. The van der Waals surface area contributed by atoms with Crippen LogP contribution in [0.1, 0.15) is 24.5 Å². The molecule has 0 bridgehead atoms. The van der Waals surface area contributed by atoms with E-state index in [2.05, 4.69) is 10.6 Å². The van der Waals surface area contributed by atoms with Crippen LogP contribution in [0.5, 0.6) is 0 Å². The highest BCUT2D eigenvalue weighted by molar-refractivity contribution is 5.89. The Morgan fingerprint density at radius 1 is 1.38 bits per heavy atom. The average molecular weight is 304 g/mol. The number of hydrogen-bond donors (Lipinski definition) is 3. The van der Waals surface area contributed by atoms with Gasteiger partial charge in [-0.2, -0.15) is 13.2 Å². The number of aliphatic hydroxyl groups is 1. The lowest BCUT2D eigenvalue weighted by molar-refractivity contribution is -0.138. The van der Waals surface area contributed by atoms with Crippen LogP contribution in [0.2, 0.25) is 0 Å². The number of halogens is 3. The van der Waals surface area contributed by atoms with Crippen molar-refractivity contribution in [2.45, 2.75) is 26.4 Å². The number of alkyl halides is 3. The van der Waals surface area contributed by atoms with Crippen LogP contribution in [0.3, 0.4) is 0 Å². The lowest BCUT2D eigenvalue weighted by atomic mass is 10.1. The van der Waals surface area contributed by atoms with E-state index in [-0.39, 0.29) is 23.8 Å². The monoisotopic (exact) mass is 304 g/mol. The number of carbonyl (C=O) groups excluding carboxylic acids is 1. The molecule has 4 nitrogen and oxygen atoms in total. The van der Waals surface area contributed by atoms with Gasteiger partial charge in [0.2, 0.25) is 0 Å². The van der Waals surface area contributed by atoms with E-state index in [4.69, 9.17) is 5.11 Å². The van der Waals surface area contributed by atoms with Gasteiger partial charge in [0.15, 0.2) is 0 Å². The summed E-state index contributed by atoms with van der Waals surface area (Å²) >= 11 is 0. The molecule has 1 aromatic carbocycles. The largest absolute Gasteiger partial charge is 0.416 e. The van der Waals surface area contributed by atoms with Crippen molar-refractivity contribution in [2.24, 2.45) is 5.92 Å². The number of anilines is 1. The van der Waals surface area contributed by atoms with Gasteiger partial charge in [0.1, 0.15) is 0 Å². The second-order valence-corrected chi connectivity index (χ2v) is 4.98. The minimum atomic E-state index is -4.45. The predicted molar refractivity (Wildman–Crippen MR) is 74.1 cm³/mol. The highest BCUT2D eigenvalue weighted by Gasteiger charge is 2.32. The molecule has 0 heterocycles. The van der Waals surface area contributed by atoms with Crippen LogP contribution < -0.4 is 10.6 Å². The molecule has 1 atom stereocenters. The smallest absolute Gasteiger partial charge is 0.396 e. The van der Waals surface area contributed by atoms with Crippen LogP contribution in [0, 0.1) is 12.8 Å². The third kappa shape index (κ3) is 5.63. The predicted octanol–water partition coefficient (Wildman–Crippen LogP) is 3.15. The fraction of sp³-hybridized carbons (Fsp3) is 0.500. The van der Waals surface area contributed by atoms with E-state index in [0.717, 1.165) is 6.07 Å². The molecule has 0 radical (unpaired) electrons. The molecular formula is C14H19F3N2O2. The van der Waals surface area contributed by atoms with Crippen LogP contribution >= 0.6 is 0 Å². The zero-order chi connectivity index (χ0) is 16.0. The molecule has 3 N–H and O–H groups in total. The highest BCUT2D eigenvalue weighted by atomic mass is 19.4. The van der Waals surface area contributed by atoms with Crippen molar-refractivity contribution in [3.05, 3.63) is 29.3 Å². The maximum absolute atomic E-state index is 12.8. The van der Waals surface area contributed by atoms with Crippen molar-refractivity contribution in [3.63, 3.8) is 0 Å². The molecule has 0 aliphatic rings. The summed E-state index contributed by atoms with van der Waals surface area (Å²) in [5.74, 6) is 0.0875. The number of aliphatic hydroxyl groups excluding tert-OH is 1. The minimum Gasteiger partial charge on any atom is -0.396 e. The van der Waals surface area contributed by atoms with E-state index in [1.807, 2.05) is 6.92 Å². The van der Waals surface area contributed by atoms with E-state index >= 15 is 0 Å². The van der Waals surface area contributed by atoms with Gasteiger partial charge >= 0.3 is 12.2 Å². The maximum Gasteiger partial charge on any atom is 0.416 e. The number of benzene rings is 1. The van der Waals surface area contributed by atoms with Crippen LogP contribution in [-0.2, 0) is 6.18 Å². The van der Waals surface area contributed by atoms with Gasteiger partial charge in [0, 0.05) is 18.8 Å². The number of urea groups is 1. The van der Waals surface area contributed by atoms with Gasteiger partial charge < -0.3 is 15.7 Å². The van der Waals surface area contributed by atoms with E-state index in [0.29, 0.717) is 13.0 Å². The quantitative estimate of drug-likeness (QED) is 0.782. The summed E-state index contributed by atoms with van der Waals surface area (Å²) < 4.78 is 38.3. The summed E-state index contributed by atoms with van der Waals surface area (Å²) in [6.45, 7) is 3.58. The molecule has 21 heavy (non-hydrogen) atoms. The molecule has 1 rings (SSSR count). The molecule has 0 aromatic heterocycles. The molecule has 0 fully saturated rings. The van der Waals surface area contributed by atoms with E-state index < -0.39 is 17.8 Å². The maximum atomic E-state index is 12.8. The van der Waals surface area contributed by atoms with Gasteiger partial charge in [-0.25, -0.2) is 4.79 Å². The van der Waals surface area contributed by atoms with Gasteiger partial charge in [-0.1, -0.05) is 13.0 Å². The van der Waals surface area contributed by atoms with Gasteiger partial charge in [0.25, 0.3) is 0 Å². The van der Waals surface area contributed by atoms with Crippen LogP contribution in [0.15, 0.2) is 18.2 Å². The number of hydrogen-bond acceptors (Lipinski definition) is 2. The minimum absolute atomic E-state index is 0.0252. The van der Waals surface area contributed by atoms with E-state index in [1.165, 1.54) is 19.1 Å². The van der Waals surface area contributed by atoms with Gasteiger partial charge in [-0.3, -0.25) is 0 Å². The molecule has 7 heteroatoms. The molecule has 0 saturated heterocycles. The highest BCUT2D eigenvalue weighted by Crippen LogP contribution is 2.33. The zero-order valence-electron chi connectivity index (χ0n) is 11.9. The van der Waals surface area contributed by atoms with Crippen LogP contribution in [0.4, 0.5) is 23.7 Å². The number of rotatable bonds is 5. The standard InChI is InChI=1S/C14H19F3N2O2/c1-9(5-6-20)8-18-13(21)19-11-4-3-10(2)12(7-11)14(15,16)17/h3-4,7,9,20H,5-6,8H2,1-2H3,(H2,18,19,21). The van der Waals surface area contributed by atoms with Crippen molar-refractivity contribution >= 4 is 11.7 Å². The summed E-state index contributed by atoms with van der Waals surface area (Å²) in [5.41, 5.74) is -0.584. The first-order valence-corrected chi connectivity index (χ1v) is 6.57. The number of aryl methyl sites for hydroxylation is 1. The van der Waals surface area contributed by atoms with E-state index in [1.54, 1.807) is 0 Å². The van der Waals surface area contributed by atoms with Crippen LogP contribution in [0.25, 0.3) is 0 Å². The van der Waals surface area contributed by atoms with Gasteiger partial charge in [0.05, 0.1) is 5.56 Å². The Kier molecular flexibility index (Phi) is 6.02. The molecule has 0 aliphatic carbocycles. The van der Waals surface area contributed by atoms with Crippen molar-refractivity contribution < 1.29 is 23.1 Å². The number of carbonyl (C=O) groups is 1. The molecule has 1 aromatic rings. The Morgan fingerprint density at radius 2 is 2.05 bits per heavy atom. The lowest BCUT2D eigenvalue weighted by Gasteiger charge is -2.14. The second kappa shape index (κ2) is 7.31. The fourth-order valence-corrected chi connectivity index (χ4v) is 1.77. The fourth-order valence-electron chi connectivity index (χ4n) is 1.77. The molecule has 0 aliphatic heterocycles. The summed E-state index contributed by atoms with van der Waals surface area (Å²) in [6, 6.07) is 3.07. The second-order valence-electron chi connectivity index (χ2n) is 4.98. The van der Waals surface area contributed by atoms with Crippen molar-refractivity contribution in [2.75, 3.05) is 18.5 Å².